The van der Waals surface area contributed by atoms with Gasteiger partial charge in [0, 0.05) is 32.0 Å². The molecule has 3 aliphatic rings. The molecule has 4 nitrogen and oxygen atoms in total. The fourth-order valence-electron chi connectivity index (χ4n) is 4.02. The van der Waals surface area contributed by atoms with Crippen LogP contribution in [0.3, 0.4) is 0 Å². The van der Waals surface area contributed by atoms with Crippen molar-refractivity contribution in [3.8, 4) is 11.5 Å². The predicted octanol–water partition coefficient (Wildman–Crippen LogP) is 5.00. The second kappa shape index (κ2) is 8.15. The Morgan fingerprint density at radius 1 is 1.04 bits per heavy atom. The quantitative estimate of drug-likeness (QED) is 0.719. The first-order valence-electron chi connectivity index (χ1n) is 10.2. The summed E-state index contributed by atoms with van der Waals surface area (Å²) < 4.78 is 39.4. The fourth-order valence-corrected chi connectivity index (χ4v) is 4.02. The zero-order chi connectivity index (χ0) is 20.5. The Labute approximate surface area is 167 Å². The SMILES string of the molecule is COc1cc2c(cc1OC)C1CCC(OC(C)(C)C)CN1CC2.FC1(F)CC1. The molecule has 1 saturated carbocycles. The molecule has 2 heterocycles. The molecule has 1 aromatic carbocycles. The smallest absolute Gasteiger partial charge is 0.248 e. The molecule has 6 heteroatoms. The molecule has 0 radical (unpaired) electrons. The minimum atomic E-state index is -2.25. The maximum Gasteiger partial charge on any atom is 0.248 e. The molecule has 4 rings (SSSR count). The number of benzene rings is 1. The molecule has 158 valence electrons. The minimum absolute atomic E-state index is 0.0677. The van der Waals surface area contributed by atoms with E-state index < -0.39 is 5.92 Å². The van der Waals surface area contributed by atoms with Gasteiger partial charge in [0.25, 0.3) is 0 Å². The van der Waals surface area contributed by atoms with Crippen LogP contribution in [0.25, 0.3) is 0 Å². The Hall–Kier alpha value is -1.40. The van der Waals surface area contributed by atoms with Crippen LogP contribution in [0, 0.1) is 0 Å². The largest absolute Gasteiger partial charge is 0.493 e. The lowest BCUT2D eigenvalue weighted by molar-refractivity contribution is -0.0971. The van der Waals surface area contributed by atoms with Gasteiger partial charge in [0.1, 0.15) is 0 Å². The van der Waals surface area contributed by atoms with E-state index in [1.807, 2.05) is 0 Å². The van der Waals surface area contributed by atoms with E-state index in [1.54, 1.807) is 14.2 Å². The van der Waals surface area contributed by atoms with Crippen LogP contribution in [-0.4, -0.2) is 49.8 Å². The van der Waals surface area contributed by atoms with Gasteiger partial charge >= 0.3 is 0 Å². The summed E-state index contributed by atoms with van der Waals surface area (Å²) in [6, 6.07) is 4.82. The first-order valence-corrected chi connectivity index (χ1v) is 10.2. The normalized spacial score (nSPS) is 25.7. The second-order valence-electron chi connectivity index (χ2n) is 8.95. The Morgan fingerprint density at radius 2 is 1.64 bits per heavy atom. The van der Waals surface area contributed by atoms with Gasteiger partial charge in [-0.15, -0.1) is 0 Å². The average molecular weight is 398 g/mol. The van der Waals surface area contributed by atoms with Crippen molar-refractivity contribution in [2.24, 2.45) is 0 Å². The summed E-state index contributed by atoms with van der Waals surface area (Å²) in [5.74, 6) is -0.578. The van der Waals surface area contributed by atoms with Crippen molar-refractivity contribution in [1.82, 2.24) is 4.90 Å². The van der Waals surface area contributed by atoms with E-state index >= 15 is 0 Å². The van der Waals surface area contributed by atoms with E-state index in [9.17, 15) is 8.78 Å². The van der Waals surface area contributed by atoms with Crippen LogP contribution in [0.1, 0.15) is 63.6 Å². The Bertz CT molecular complexity index is 681. The van der Waals surface area contributed by atoms with Crippen molar-refractivity contribution >= 4 is 0 Å². The Balaban J connectivity index is 0.000000391. The summed E-state index contributed by atoms with van der Waals surface area (Å²) in [6.45, 7) is 8.54. The number of nitrogens with zero attached hydrogens (tertiary/aromatic N) is 1. The molecule has 1 saturated heterocycles. The van der Waals surface area contributed by atoms with Crippen molar-refractivity contribution in [1.29, 1.82) is 0 Å². The number of hydrogen-bond donors (Lipinski definition) is 0. The summed E-state index contributed by atoms with van der Waals surface area (Å²) in [4.78, 5) is 2.58. The van der Waals surface area contributed by atoms with Gasteiger partial charge < -0.3 is 14.2 Å². The van der Waals surface area contributed by atoms with Crippen molar-refractivity contribution in [2.45, 2.75) is 76.5 Å². The number of alkyl halides is 2. The van der Waals surface area contributed by atoms with Crippen molar-refractivity contribution < 1.29 is 23.0 Å². The minimum Gasteiger partial charge on any atom is -0.493 e. The lowest BCUT2D eigenvalue weighted by atomic mass is 9.85. The molecule has 2 atom stereocenters. The van der Waals surface area contributed by atoms with Gasteiger partial charge in [0.05, 0.1) is 25.9 Å². The molecular formula is C22H33F2NO3. The number of hydrogen-bond acceptors (Lipinski definition) is 4. The highest BCUT2D eigenvalue weighted by Crippen LogP contribution is 2.42. The maximum absolute atomic E-state index is 11.1. The van der Waals surface area contributed by atoms with Crippen LogP contribution in [-0.2, 0) is 11.2 Å². The lowest BCUT2D eigenvalue weighted by Gasteiger charge is -2.44. The number of fused-ring (bicyclic) bond motifs is 3. The monoisotopic (exact) mass is 397 g/mol. The molecule has 2 unspecified atom stereocenters. The summed E-state index contributed by atoms with van der Waals surface area (Å²) in [7, 11) is 3.41. The van der Waals surface area contributed by atoms with Crippen LogP contribution < -0.4 is 9.47 Å². The van der Waals surface area contributed by atoms with Gasteiger partial charge in [0.15, 0.2) is 11.5 Å². The van der Waals surface area contributed by atoms with Crippen LogP contribution in [0.4, 0.5) is 8.78 Å². The molecule has 2 fully saturated rings. The summed E-state index contributed by atoms with van der Waals surface area (Å²) in [5.41, 5.74) is 2.74. The number of methoxy groups -OCH3 is 2. The molecular weight excluding hydrogens is 364 g/mol. The van der Waals surface area contributed by atoms with E-state index in [1.165, 1.54) is 11.1 Å². The van der Waals surface area contributed by atoms with Gasteiger partial charge in [0.2, 0.25) is 5.92 Å². The number of halogens is 2. The van der Waals surface area contributed by atoms with Crippen LogP contribution in [0.2, 0.25) is 0 Å². The highest BCUT2D eigenvalue weighted by molar-refractivity contribution is 5.49. The topological polar surface area (TPSA) is 30.9 Å². The predicted molar refractivity (Wildman–Crippen MR) is 106 cm³/mol. The average Bonchev–Trinajstić information content (AvgIpc) is 3.33. The van der Waals surface area contributed by atoms with Gasteiger partial charge in [-0.25, -0.2) is 8.78 Å². The van der Waals surface area contributed by atoms with E-state index in [0.29, 0.717) is 12.1 Å². The zero-order valence-corrected chi connectivity index (χ0v) is 17.7. The van der Waals surface area contributed by atoms with Crippen molar-refractivity contribution in [2.75, 3.05) is 27.3 Å². The molecule has 1 aromatic rings. The third kappa shape index (κ3) is 5.35. The van der Waals surface area contributed by atoms with E-state index in [-0.39, 0.29) is 18.4 Å². The molecule has 2 aliphatic heterocycles. The molecule has 0 N–H and O–H groups in total. The lowest BCUT2D eigenvalue weighted by Crippen LogP contribution is -2.47. The number of ether oxygens (including phenoxy) is 3. The van der Waals surface area contributed by atoms with Gasteiger partial charge in [-0.3, -0.25) is 4.90 Å². The van der Waals surface area contributed by atoms with E-state index in [2.05, 4.69) is 37.8 Å². The molecule has 1 aliphatic carbocycles. The van der Waals surface area contributed by atoms with E-state index in [4.69, 9.17) is 14.2 Å². The third-order valence-corrected chi connectivity index (χ3v) is 5.46. The van der Waals surface area contributed by atoms with Crippen LogP contribution >= 0.6 is 0 Å². The summed E-state index contributed by atoms with van der Waals surface area (Å²) in [6.07, 6.45) is 3.90. The molecule has 0 aromatic heterocycles. The fraction of sp³-hybridized carbons (Fsp3) is 0.727. The second-order valence-corrected chi connectivity index (χ2v) is 8.95. The Kier molecular flexibility index (Phi) is 6.20. The van der Waals surface area contributed by atoms with Gasteiger partial charge in [-0.1, -0.05) is 0 Å². The van der Waals surface area contributed by atoms with Crippen molar-refractivity contribution in [3.05, 3.63) is 23.3 Å². The Morgan fingerprint density at radius 3 is 2.18 bits per heavy atom. The standard InChI is InChI=1S/C19H29NO3.C3H4F2/c1-19(2,3)23-14-6-7-16-15-11-18(22-5)17(21-4)10-13(15)8-9-20(16)12-14;4-3(5)1-2-3/h10-11,14,16H,6-9,12H2,1-5H3;1-2H2. The molecule has 0 amide bonds. The van der Waals surface area contributed by atoms with Crippen molar-refractivity contribution in [3.63, 3.8) is 0 Å². The number of piperidine rings is 1. The molecule has 0 spiro atoms. The van der Waals surface area contributed by atoms with Gasteiger partial charge in [-0.2, -0.15) is 0 Å². The molecule has 28 heavy (non-hydrogen) atoms. The first-order chi connectivity index (χ1) is 13.1. The van der Waals surface area contributed by atoms with E-state index in [0.717, 1.165) is 43.9 Å². The van der Waals surface area contributed by atoms with Crippen LogP contribution in [0.5, 0.6) is 11.5 Å². The highest BCUT2D eigenvalue weighted by Gasteiger charge is 2.43. The third-order valence-electron chi connectivity index (χ3n) is 5.46. The summed E-state index contributed by atoms with van der Waals surface area (Å²) in [5, 5.41) is 0. The van der Waals surface area contributed by atoms with Crippen LogP contribution in [0.15, 0.2) is 12.1 Å². The zero-order valence-electron chi connectivity index (χ0n) is 17.7. The maximum atomic E-state index is 11.1. The number of rotatable bonds is 3. The first kappa shape index (κ1) is 21.3. The van der Waals surface area contributed by atoms with Gasteiger partial charge in [-0.05, 0) is 63.3 Å². The summed E-state index contributed by atoms with van der Waals surface area (Å²) >= 11 is 0. The molecule has 0 bridgehead atoms. The highest BCUT2D eigenvalue weighted by atomic mass is 19.3.